The number of para-hydroxylation sites is 2. The summed E-state index contributed by atoms with van der Waals surface area (Å²) < 4.78 is 42.7. The maximum absolute atomic E-state index is 13.7. The zero-order valence-electron chi connectivity index (χ0n) is 15.6. The van der Waals surface area contributed by atoms with E-state index < -0.39 is 10.0 Å². The van der Waals surface area contributed by atoms with Crippen LogP contribution in [0.25, 0.3) is 22.1 Å². The SMILES string of the molecule is O=S(=O)(c1cccc2nsnc12)n1c(COc2ccc(Cl)cc2Cl)nc2ccccc21. The second kappa shape index (κ2) is 7.76. The van der Waals surface area contributed by atoms with E-state index in [9.17, 15) is 8.42 Å². The number of fused-ring (bicyclic) bond motifs is 2. The van der Waals surface area contributed by atoms with Gasteiger partial charge in [0.1, 0.15) is 28.3 Å². The summed E-state index contributed by atoms with van der Waals surface area (Å²) in [4.78, 5) is 4.54. The van der Waals surface area contributed by atoms with E-state index in [1.54, 1.807) is 54.6 Å². The molecule has 0 aliphatic rings. The Morgan fingerprint density at radius 2 is 1.77 bits per heavy atom. The molecule has 0 saturated carbocycles. The Labute approximate surface area is 191 Å². The highest BCUT2D eigenvalue weighted by Crippen LogP contribution is 2.30. The van der Waals surface area contributed by atoms with E-state index in [4.69, 9.17) is 27.9 Å². The molecule has 2 aromatic heterocycles. The monoisotopic (exact) mass is 490 g/mol. The predicted octanol–water partition coefficient (Wildman–Crippen LogP) is 5.16. The number of imidazole rings is 1. The molecule has 31 heavy (non-hydrogen) atoms. The summed E-state index contributed by atoms with van der Waals surface area (Å²) >= 11 is 13.1. The summed E-state index contributed by atoms with van der Waals surface area (Å²) in [6, 6.07) is 16.6. The topological polar surface area (TPSA) is 87.0 Å². The Morgan fingerprint density at radius 1 is 0.968 bits per heavy atom. The van der Waals surface area contributed by atoms with E-state index >= 15 is 0 Å². The molecule has 0 aliphatic heterocycles. The molecule has 5 aromatic rings. The van der Waals surface area contributed by atoms with E-state index in [1.807, 2.05) is 0 Å². The Balaban J connectivity index is 1.65. The van der Waals surface area contributed by atoms with Crippen LogP contribution in [0.5, 0.6) is 5.75 Å². The van der Waals surface area contributed by atoms with E-state index in [-0.39, 0.29) is 17.3 Å². The lowest BCUT2D eigenvalue weighted by atomic mass is 10.3. The van der Waals surface area contributed by atoms with E-state index in [1.165, 1.54) is 10.0 Å². The van der Waals surface area contributed by atoms with E-state index in [0.717, 1.165) is 11.7 Å². The number of hydrogen-bond acceptors (Lipinski definition) is 7. The van der Waals surface area contributed by atoms with Crippen molar-refractivity contribution < 1.29 is 13.2 Å². The number of aromatic nitrogens is 4. The first kappa shape index (κ1) is 20.2. The lowest BCUT2D eigenvalue weighted by Gasteiger charge is -2.12. The lowest BCUT2D eigenvalue weighted by Crippen LogP contribution is -2.18. The number of ether oxygens (including phenoxy) is 1. The van der Waals surface area contributed by atoms with E-state index in [2.05, 4.69) is 13.7 Å². The van der Waals surface area contributed by atoms with Gasteiger partial charge in [0.15, 0.2) is 5.82 Å². The molecule has 5 rings (SSSR count). The van der Waals surface area contributed by atoms with Crippen molar-refractivity contribution in [2.45, 2.75) is 11.5 Å². The van der Waals surface area contributed by atoms with Crippen molar-refractivity contribution in [1.82, 2.24) is 17.7 Å². The predicted molar refractivity (Wildman–Crippen MR) is 121 cm³/mol. The minimum atomic E-state index is -4.05. The summed E-state index contributed by atoms with van der Waals surface area (Å²) in [5.41, 5.74) is 1.79. The van der Waals surface area contributed by atoms with Gasteiger partial charge in [-0.25, -0.2) is 17.4 Å². The molecule has 0 aliphatic carbocycles. The third-order valence-corrected chi connectivity index (χ3v) is 7.45. The first-order valence-corrected chi connectivity index (χ1v) is 11.9. The van der Waals surface area contributed by atoms with Crippen LogP contribution >= 0.6 is 34.9 Å². The van der Waals surface area contributed by atoms with Crippen molar-refractivity contribution in [3.8, 4) is 5.75 Å². The maximum atomic E-state index is 13.7. The molecular formula is C20H12Cl2N4O3S2. The van der Waals surface area contributed by atoms with Gasteiger partial charge in [0, 0.05) is 5.02 Å². The molecule has 0 radical (unpaired) electrons. The van der Waals surface area contributed by atoms with E-state index in [0.29, 0.717) is 37.9 Å². The highest BCUT2D eigenvalue weighted by Gasteiger charge is 2.27. The molecule has 0 unspecified atom stereocenters. The van der Waals surface area contributed by atoms with Crippen molar-refractivity contribution in [2.75, 3.05) is 0 Å². The largest absolute Gasteiger partial charge is 0.484 e. The number of halogens is 2. The van der Waals surface area contributed by atoms with Crippen molar-refractivity contribution >= 4 is 67.0 Å². The standard InChI is InChI=1S/C20H12Cl2N4O3S2/c21-12-8-9-17(13(22)10-12)29-11-19-23-14-4-1-2-6-16(14)26(19)31(27,28)18-7-3-5-15-20(18)25-30-24-15/h1-10H,11H2. The zero-order chi connectivity index (χ0) is 21.6. The van der Waals surface area contributed by atoms with Crippen molar-refractivity contribution in [3.05, 3.63) is 76.5 Å². The number of rotatable bonds is 5. The molecule has 0 fully saturated rings. The Kier molecular flexibility index (Phi) is 5.05. The molecule has 7 nitrogen and oxygen atoms in total. The molecular weight excluding hydrogens is 479 g/mol. The second-order valence-corrected chi connectivity index (χ2v) is 9.66. The fourth-order valence-electron chi connectivity index (χ4n) is 3.24. The quantitative estimate of drug-likeness (QED) is 0.338. The van der Waals surface area contributed by atoms with Gasteiger partial charge >= 0.3 is 0 Å². The van der Waals surface area contributed by atoms with Crippen LogP contribution in [0.2, 0.25) is 10.0 Å². The maximum Gasteiger partial charge on any atom is 0.272 e. The van der Waals surface area contributed by atoms with Gasteiger partial charge in [-0.3, -0.25) is 0 Å². The Bertz CT molecular complexity index is 1550. The molecule has 2 heterocycles. The smallest absolute Gasteiger partial charge is 0.272 e. The molecule has 0 saturated heterocycles. The molecule has 3 aromatic carbocycles. The average molecular weight is 491 g/mol. The number of nitrogens with zero attached hydrogens (tertiary/aromatic N) is 4. The van der Waals surface area contributed by atoms with Gasteiger partial charge in [-0.05, 0) is 42.5 Å². The second-order valence-electron chi connectivity index (χ2n) is 6.54. The average Bonchev–Trinajstić information content (AvgIpc) is 3.37. The van der Waals surface area contributed by atoms with Gasteiger partial charge in [-0.1, -0.05) is 41.4 Å². The molecule has 0 bridgehead atoms. The lowest BCUT2D eigenvalue weighted by molar-refractivity contribution is 0.296. The summed E-state index contributed by atoms with van der Waals surface area (Å²) in [7, 11) is -4.05. The normalized spacial score (nSPS) is 11.9. The fourth-order valence-corrected chi connectivity index (χ4v) is 5.93. The van der Waals surface area contributed by atoms with Crippen LogP contribution in [0.3, 0.4) is 0 Å². The summed E-state index contributed by atoms with van der Waals surface area (Å²) in [6.07, 6.45) is 0. The Morgan fingerprint density at radius 3 is 2.61 bits per heavy atom. The fraction of sp³-hybridized carbons (Fsp3) is 0.0500. The summed E-state index contributed by atoms with van der Waals surface area (Å²) in [5.74, 6) is 0.570. The van der Waals surface area contributed by atoms with Gasteiger partial charge in [0.25, 0.3) is 10.0 Å². The molecule has 0 N–H and O–H groups in total. The van der Waals surface area contributed by atoms with Gasteiger partial charge in [-0.15, -0.1) is 0 Å². The van der Waals surface area contributed by atoms with Crippen LogP contribution in [0.15, 0.2) is 65.6 Å². The van der Waals surface area contributed by atoms with Gasteiger partial charge in [-0.2, -0.15) is 8.75 Å². The van der Waals surface area contributed by atoms with Crippen LogP contribution in [-0.4, -0.2) is 26.1 Å². The van der Waals surface area contributed by atoms with Gasteiger partial charge < -0.3 is 4.74 Å². The van der Waals surface area contributed by atoms with Crippen molar-refractivity contribution in [1.29, 1.82) is 0 Å². The molecule has 0 spiro atoms. The van der Waals surface area contributed by atoms with Crippen LogP contribution in [-0.2, 0) is 16.6 Å². The van der Waals surface area contributed by atoms with Gasteiger partial charge in [0.05, 0.1) is 27.8 Å². The van der Waals surface area contributed by atoms with Crippen LogP contribution < -0.4 is 4.74 Å². The van der Waals surface area contributed by atoms with Crippen molar-refractivity contribution in [2.24, 2.45) is 0 Å². The van der Waals surface area contributed by atoms with Crippen LogP contribution in [0, 0.1) is 0 Å². The minimum Gasteiger partial charge on any atom is -0.484 e. The van der Waals surface area contributed by atoms with Crippen LogP contribution in [0.4, 0.5) is 0 Å². The number of benzene rings is 3. The van der Waals surface area contributed by atoms with Crippen LogP contribution in [0.1, 0.15) is 5.82 Å². The summed E-state index contributed by atoms with van der Waals surface area (Å²) in [5, 5.41) is 0.786. The summed E-state index contributed by atoms with van der Waals surface area (Å²) in [6.45, 7) is -0.124. The molecule has 156 valence electrons. The highest BCUT2D eigenvalue weighted by atomic mass is 35.5. The molecule has 0 atom stereocenters. The van der Waals surface area contributed by atoms with Crippen molar-refractivity contribution in [3.63, 3.8) is 0 Å². The first-order valence-electron chi connectivity index (χ1n) is 8.96. The van der Waals surface area contributed by atoms with Gasteiger partial charge in [0.2, 0.25) is 0 Å². The number of hydrogen-bond donors (Lipinski definition) is 0. The molecule has 11 heteroatoms. The minimum absolute atomic E-state index is 0.0488. The molecule has 0 amide bonds. The third-order valence-electron chi connectivity index (χ3n) is 4.60. The third kappa shape index (κ3) is 3.53. The zero-order valence-corrected chi connectivity index (χ0v) is 18.7. The highest BCUT2D eigenvalue weighted by molar-refractivity contribution is 7.90. The Hall–Kier alpha value is -2.72. The first-order chi connectivity index (χ1) is 14.9.